The first kappa shape index (κ1) is 15.5. The van der Waals surface area contributed by atoms with E-state index in [-0.39, 0.29) is 5.46 Å². The molecule has 0 saturated carbocycles. The Morgan fingerprint density at radius 2 is 2.11 bits per heavy atom. The summed E-state index contributed by atoms with van der Waals surface area (Å²) in [6.07, 6.45) is 2.06. The lowest BCUT2D eigenvalue weighted by Crippen LogP contribution is -2.34. The second kappa shape index (κ2) is 7.14. The second-order valence-electron chi connectivity index (χ2n) is 4.45. The van der Waals surface area contributed by atoms with Crippen molar-refractivity contribution in [2.45, 2.75) is 19.5 Å². The molecule has 6 heteroatoms. The fourth-order valence-electron chi connectivity index (χ4n) is 1.70. The van der Waals surface area contributed by atoms with Gasteiger partial charge in [0.15, 0.2) is 0 Å². The summed E-state index contributed by atoms with van der Waals surface area (Å²) >= 11 is 1.78. The van der Waals surface area contributed by atoms with Gasteiger partial charge in [-0.2, -0.15) is 11.8 Å². The summed E-state index contributed by atoms with van der Waals surface area (Å²) in [4.78, 5) is 2.15. The third kappa shape index (κ3) is 4.28. The van der Waals surface area contributed by atoms with Crippen molar-refractivity contribution < 1.29 is 14.4 Å². The Balaban J connectivity index is 2.76. The average Bonchev–Trinajstić information content (AvgIpc) is 2.31. The van der Waals surface area contributed by atoms with Crippen LogP contribution in [0.1, 0.15) is 12.5 Å². The average molecular weight is 271 g/mol. The highest BCUT2D eigenvalue weighted by atomic mass is 32.2. The maximum atomic E-state index is 13.3. The van der Waals surface area contributed by atoms with Gasteiger partial charge in [0, 0.05) is 23.8 Å². The molecule has 0 heterocycles. The van der Waals surface area contributed by atoms with Crippen LogP contribution in [0.4, 0.5) is 4.39 Å². The van der Waals surface area contributed by atoms with E-state index in [1.54, 1.807) is 17.8 Å². The van der Waals surface area contributed by atoms with Gasteiger partial charge in [0.05, 0.1) is 0 Å². The zero-order chi connectivity index (χ0) is 13.7. The van der Waals surface area contributed by atoms with Gasteiger partial charge in [-0.25, -0.2) is 4.39 Å². The highest BCUT2D eigenvalue weighted by molar-refractivity contribution is 7.98. The van der Waals surface area contributed by atoms with Gasteiger partial charge in [-0.15, -0.1) is 0 Å². The molecule has 3 nitrogen and oxygen atoms in total. The number of rotatable bonds is 6. The molecule has 1 rings (SSSR count). The molecule has 0 aromatic heterocycles. The molecule has 18 heavy (non-hydrogen) atoms. The summed E-state index contributed by atoms with van der Waals surface area (Å²) in [7, 11) is 0.234. The van der Waals surface area contributed by atoms with Gasteiger partial charge >= 0.3 is 7.12 Å². The third-order valence-electron chi connectivity index (χ3n) is 2.93. The smallest absolute Gasteiger partial charge is 0.423 e. The highest BCUT2D eigenvalue weighted by Crippen LogP contribution is 2.09. The zero-order valence-corrected chi connectivity index (χ0v) is 11.7. The van der Waals surface area contributed by atoms with Crippen molar-refractivity contribution in [1.82, 2.24) is 4.90 Å². The van der Waals surface area contributed by atoms with E-state index in [2.05, 4.69) is 18.1 Å². The standard InChI is InChI=1S/C12H19BFNO2S/c1-9(8-18-3)15(2)7-10-4-5-12(14)11(6-10)13(16)17/h4-6,9,16-17H,7-8H2,1-3H3. The Morgan fingerprint density at radius 1 is 1.44 bits per heavy atom. The monoisotopic (exact) mass is 271 g/mol. The first-order chi connectivity index (χ1) is 8.45. The van der Waals surface area contributed by atoms with Crippen molar-refractivity contribution in [3.8, 4) is 0 Å². The Hall–Kier alpha value is -0.555. The van der Waals surface area contributed by atoms with E-state index < -0.39 is 12.9 Å². The molecule has 0 fully saturated rings. The largest absolute Gasteiger partial charge is 0.491 e. The summed E-state index contributed by atoms with van der Waals surface area (Å²) in [6.45, 7) is 2.78. The van der Waals surface area contributed by atoms with Crippen LogP contribution in [0.15, 0.2) is 18.2 Å². The van der Waals surface area contributed by atoms with E-state index in [0.717, 1.165) is 11.3 Å². The Morgan fingerprint density at radius 3 is 2.67 bits per heavy atom. The summed E-state index contributed by atoms with van der Waals surface area (Å²) in [6, 6.07) is 4.86. The molecule has 0 saturated heterocycles. The van der Waals surface area contributed by atoms with Gasteiger partial charge in [-0.05, 0) is 31.9 Å². The first-order valence-electron chi connectivity index (χ1n) is 5.79. The minimum Gasteiger partial charge on any atom is -0.423 e. The van der Waals surface area contributed by atoms with E-state index in [9.17, 15) is 4.39 Å². The fourth-order valence-corrected chi connectivity index (χ4v) is 2.44. The second-order valence-corrected chi connectivity index (χ2v) is 5.36. The van der Waals surface area contributed by atoms with E-state index in [4.69, 9.17) is 10.0 Å². The van der Waals surface area contributed by atoms with Crippen LogP contribution in [0, 0.1) is 5.82 Å². The van der Waals surface area contributed by atoms with Gasteiger partial charge in [0.2, 0.25) is 0 Å². The quantitative estimate of drug-likeness (QED) is 0.747. The molecule has 1 aromatic carbocycles. The number of hydrogen-bond donors (Lipinski definition) is 2. The van der Waals surface area contributed by atoms with E-state index in [1.165, 1.54) is 12.1 Å². The lowest BCUT2D eigenvalue weighted by molar-refractivity contribution is 0.269. The van der Waals surface area contributed by atoms with Crippen LogP contribution < -0.4 is 5.46 Å². The molecule has 2 N–H and O–H groups in total. The molecule has 1 atom stereocenters. The van der Waals surface area contributed by atoms with Crippen LogP contribution in [0.3, 0.4) is 0 Å². The van der Waals surface area contributed by atoms with Gasteiger partial charge in [0.1, 0.15) is 5.82 Å². The van der Waals surface area contributed by atoms with Crippen LogP contribution in [-0.2, 0) is 6.54 Å². The lowest BCUT2D eigenvalue weighted by atomic mass is 9.79. The summed E-state index contributed by atoms with van der Waals surface area (Å²) in [5.41, 5.74) is 0.799. The molecule has 0 bridgehead atoms. The molecule has 1 aromatic rings. The van der Waals surface area contributed by atoms with Crippen molar-refractivity contribution in [2.24, 2.45) is 0 Å². The SMILES string of the molecule is CSCC(C)N(C)Cc1ccc(F)c(B(O)O)c1. The maximum Gasteiger partial charge on any atom is 0.491 e. The van der Waals surface area contributed by atoms with Gasteiger partial charge in [-0.1, -0.05) is 12.1 Å². The van der Waals surface area contributed by atoms with Crippen molar-refractivity contribution in [3.05, 3.63) is 29.6 Å². The number of halogens is 1. The normalized spacial score (nSPS) is 12.8. The molecular formula is C12H19BFNO2S. The van der Waals surface area contributed by atoms with E-state index >= 15 is 0 Å². The number of thioether (sulfide) groups is 1. The third-order valence-corrected chi connectivity index (χ3v) is 3.75. The molecule has 1 unspecified atom stereocenters. The first-order valence-corrected chi connectivity index (χ1v) is 7.18. The Kier molecular flexibility index (Phi) is 6.15. The number of nitrogens with zero attached hydrogens (tertiary/aromatic N) is 1. The van der Waals surface area contributed by atoms with Crippen LogP contribution in [0.5, 0.6) is 0 Å². The lowest BCUT2D eigenvalue weighted by Gasteiger charge is -2.24. The predicted octanol–water partition coefficient (Wildman–Crippen LogP) is 0.689. The van der Waals surface area contributed by atoms with Crippen LogP contribution >= 0.6 is 11.8 Å². The molecule has 0 spiro atoms. The van der Waals surface area contributed by atoms with Crippen molar-refractivity contribution >= 4 is 24.3 Å². The van der Waals surface area contributed by atoms with Gasteiger partial charge < -0.3 is 10.0 Å². The minimum atomic E-state index is -1.76. The molecule has 0 aliphatic rings. The highest BCUT2D eigenvalue weighted by Gasteiger charge is 2.17. The Bertz CT molecular complexity index is 392. The Labute approximate surface area is 112 Å². The number of benzene rings is 1. The van der Waals surface area contributed by atoms with Gasteiger partial charge in [0.25, 0.3) is 0 Å². The number of hydrogen-bond acceptors (Lipinski definition) is 4. The van der Waals surface area contributed by atoms with E-state index in [0.29, 0.717) is 12.6 Å². The van der Waals surface area contributed by atoms with E-state index in [1.807, 2.05) is 7.05 Å². The molecule has 0 aliphatic heterocycles. The van der Waals surface area contributed by atoms with Crippen LogP contribution in [0.25, 0.3) is 0 Å². The van der Waals surface area contributed by atoms with Gasteiger partial charge in [-0.3, -0.25) is 4.90 Å². The van der Waals surface area contributed by atoms with Crippen LogP contribution in [0.2, 0.25) is 0 Å². The molecular weight excluding hydrogens is 252 g/mol. The van der Waals surface area contributed by atoms with Crippen molar-refractivity contribution in [1.29, 1.82) is 0 Å². The summed E-state index contributed by atoms with van der Waals surface area (Å²) < 4.78 is 13.3. The topological polar surface area (TPSA) is 43.7 Å². The van der Waals surface area contributed by atoms with Crippen LogP contribution in [-0.4, -0.2) is 47.2 Å². The molecule has 0 amide bonds. The minimum absolute atomic E-state index is 0.0709. The van der Waals surface area contributed by atoms with Crippen molar-refractivity contribution in [3.63, 3.8) is 0 Å². The molecule has 0 aliphatic carbocycles. The predicted molar refractivity (Wildman–Crippen MR) is 75.5 cm³/mol. The zero-order valence-electron chi connectivity index (χ0n) is 10.9. The fraction of sp³-hybridized carbons (Fsp3) is 0.500. The summed E-state index contributed by atoms with van der Waals surface area (Å²) in [5.74, 6) is 0.432. The maximum absolute atomic E-state index is 13.3. The summed E-state index contributed by atoms with van der Waals surface area (Å²) in [5, 5.41) is 18.1. The van der Waals surface area contributed by atoms with Crippen molar-refractivity contribution in [2.75, 3.05) is 19.1 Å². The molecule has 0 radical (unpaired) electrons. The molecule has 100 valence electrons.